The lowest BCUT2D eigenvalue weighted by atomic mass is 10.2. The maximum atomic E-state index is 11.2. The van der Waals surface area contributed by atoms with Crippen molar-refractivity contribution in [2.45, 2.75) is 6.61 Å². The van der Waals surface area contributed by atoms with E-state index in [-0.39, 0.29) is 19.1 Å². The lowest BCUT2D eigenvalue weighted by molar-refractivity contribution is -0.143. The second kappa shape index (κ2) is 7.23. The molecule has 0 spiro atoms. The van der Waals surface area contributed by atoms with Gasteiger partial charge in [-0.2, -0.15) is 0 Å². The summed E-state index contributed by atoms with van der Waals surface area (Å²) in [6.07, 6.45) is 4.14. The highest BCUT2D eigenvalue weighted by atomic mass is 16.5. The Morgan fingerprint density at radius 2 is 2.12 bits per heavy atom. The van der Waals surface area contributed by atoms with Gasteiger partial charge in [0.15, 0.2) is 0 Å². The van der Waals surface area contributed by atoms with Crippen LogP contribution in [0.15, 0.2) is 42.6 Å². The molecule has 0 saturated heterocycles. The third-order valence-electron chi connectivity index (χ3n) is 1.80. The van der Waals surface area contributed by atoms with Crippen LogP contribution in [0.5, 0.6) is 0 Å². The highest BCUT2D eigenvalue weighted by Gasteiger charge is 2.00. The standard InChI is InChI=1S/C12H14N2O2/c13-7-4-8-14-9-12(15)16-10-11-5-2-1-3-6-11/h1-8,13-14H,9-10H2/b8-4-,13-7?. The summed E-state index contributed by atoms with van der Waals surface area (Å²) in [5.41, 5.74) is 0.964. The number of benzene rings is 1. The number of carbonyl (C=O) groups is 1. The Labute approximate surface area is 94.4 Å². The van der Waals surface area contributed by atoms with Crippen LogP contribution in [0.25, 0.3) is 0 Å². The molecule has 1 aromatic carbocycles. The molecular formula is C12H14N2O2. The molecule has 84 valence electrons. The molecule has 0 aromatic heterocycles. The molecule has 16 heavy (non-hydrogen) atoms. The van der Waals surface area contributed by atoms with Gasteiger partial charge in [-0.1, -0.05) is 30.3 Å². The molecule has 0 bridgehead atoms. The number of carbonyl (C=O) groups excluding carboxylic acids is 1. The molecule has 0 atom stereocenters. The van der Waals surface area contributed by atoms with E-state index >= 15 is 0 Å². The molecule has 0 saturated carbocycles. The summed E-state index contributed by atoms with van der Waals surface area (Å²) >= 11 is 0. The van der Waals surface area contributed by atoms with Crippen molar-refractivity contribution >= 4 is 12.2 Å². The van der Waals surface area contributed by atoms with Gasteiger partial charge in [-0.3, -0.25) is 4.79 Å². The highest BCUT2D eigenvalue weighted by molar-refractivity contribution is 5.72. The Balaban J connectivity index is 2.20. The maximum absolute atomic E-state index is 11.2. The van der Waals surface area contributed by atoms with Crippen molar-refractivity contribution in [3.63, 3.8) is 0 Å². The van der Waals surface area contributed by atoms with Gasteiger partial charge in [-0.25, -0.2) is 0 Å². The smallest absolute Gasteiger partial charge is 0.325 e. The van der Waals surface area contributed by atoms with Crippen LogP contribution in [0.1, 0.15) is 5.56 Å². The minimum absolute atomic E-state index is 0.108. The van der Waals surface area contributed by atoms with Crippen LogP contribution in [-0.2, 0) is 16.1 Å². The first kappa shape index (κ1) is 12.0. The Morgan fingerprint density at radius 3 is 2.81 bits per heavy atom. The molecule has 0 aliphatic rings. The lowest BCUT2D eigenvalue weighted by Gasteiger charge is -2.04. The first-order valence-electron chi connectivity index (χ1n) is 4.91. The van der Waals surface area contributed by atoms with Gasteiger partial charge in [0.1, 0.15) is 13.2 Å². The summed E-state index contributed by atoms with van der Waals surface area (Å²) in [5, 5.41) is 9.43. The monoisotopic (exact) mass is 218 g/mol. The second-order valence-corrected chi connectivity index (χ2v) is 3.05. The van der Waals surface area contributed by atoms with Crippen LogP contribution < -0.4 is 5.32 Å². The summed E-state index contributed by atoms with van der Waals surface area (Å²) in [6, 6.07) is 9.50. The van der Waals surface area contributed by atoms with Gasteiger partial charge in [-0.15, -0.1) is 0 Å². The molecule has 4 nitrogen and oxygen atoms in total. The van der Waals surface area contributed by atoms with Gasteiger partial charge in [0, 0.05) is 6.21 Å². The molecule has 1 rings (SSSR count). The summed E-state index contributed by atoms with van der Waals surface area (Å²) in [4.78, 5) is 11.2. The van der Waals surface area contributed by atoms with E-state index in [4.69, 9.17) is 10.1 Å². The number of hydrogen-bond acceptors (Lipinski definition) is 4. The van der Waals surface area contributed by atoms with Crippen molar-refractivity contribution in [3.8, 4) is 0 Å². The van der Waals surface area contributed by atoms with Crippen LogP contribution >= 0.6 is 0 Å². The zero-order valence-corrected chi connectivity index (χ0v) is 8.85. The average Bonchev–Trinajstić information content (AvgIpc) is 2.33. The van der Waals surface area contributed by atoms with E-state index in [9.17, 15) is 4.79 Å². The van der Waals surface area contributed by atoms with Crippen molar-refractivity contribution in [2.24, 2.45) is 0 Å². The fourth-order valence-electron chi connectivity index (χ4n) is 1.05. The third kappa shape index (κ3) is 4.95. The summed E-state index contributed by atoms with van der Waals surface area (Å²) in [5.74, 6) is -0.321. The zero-order chi connectivity index (χ0) is 11.6. The van der Waals surface area contributed by atoms with E-state index in [1.807, 2.05) is 30.3 Å². The molecule has 0 amide bonds. The molecule has 1 aromatic rings. The van der Waals surface area contributed by atoms with Gasteiger partial charge < -0.3 is 15.5 Å². The molecule has 0 unspecified atom stereocenters. The van der Waals surface area contributed by atoms with Gasteiger partial charge >= 0.3 is 5.97 Å². The first-order valence-corrected chi connectivity index (χ1v) is 4.91. The Morgan fingerprint density at radius 1 is 1.38 bits per heavy atom. The number of nitrogens with one attached hydrogen (secondary N) is 2. The fourth-order valence-corrected chi connectivity index (χ4v) is 1.05. The fraction of sp³-hybridized carbons (Fsp3) is 0.167. The minimum atomic E-state index is -0.321. The Bertz CT molecular complexity index is 361. The molecule has 0 radical (unpaired) electrons. The predicted molar refractivity (Wildman–Crippen MR) is 62.2 cm³/mol. The van der Waals surface area contributed by atoms with Gasteiger partial charge in [-0.05, 0) is 17.8 Å². The number of esters is 1. The van der Waals surface area contributed by atoms with Crippen LogP contribution in [0.2, 0.25) is 0 Å². The van der Waals surface area contributed by atoms with Gasteiger partial charge in [0.2, 0.25) is 0 Å². The Kier molecular flexibility index (Phi) is 5.41. The normalized spacial score (nSPS) is 10.0. The van der Waals surface area contributed by atoms with E-state index in [2.05, 4.69) is 5.32 Å². The second-order valence-electron chi connectivity index (χ2n) is 3.05. The van der Waals surface area contributed by atoms with Gasteiger partial charge in [0.25, 0.3) is 0 Å². The summed E-state index contributed by atoms with van der Waals surface area (Å²) in [6.45, 7) is 0.396. The Hall–Kier alpha value is -2.10. The average molecular weight is 218 g/mol. The van der Waals surface area contributed by atoms with E-state index in [1.54, 1.807) is 0 Å². The summed E-state index contributed by atoms with van der Waals surface area (Å²) < 4.78 is 5.02. The van der Waals surface area contributed by atoms with Crippen LogP contribution in [-0.4, -0.2) is 18.7 Å². The molecular weight excluding hydrogens is 204 g/mol. The van der Waals surface area contributed by atoms with Crippen LogP contribution in [0, 0.1) is 5.41 Å². The molecule has 0 aliphatic carbocycles. The van der Waals surface area contributed by atoms with E-state index in [1.165, 1.54) is 12.3 Å². The highest BCUT2D eigenvalue weighted by Crippen LogP contribution is 2.00. The van der Waals surface area contributed by atoms with Crippen molar-refractivity contribution in [1.82, 2.24) is 5.32 Å². The molecule has 4 heteroatoms. The molecule has 0 heterocycles. The lowest BCUT2D eigenvalue weighted by Crippen LogP contribution is -2.20. The first-order chi connectivity index (χ1) is 7.83. The summed E-state index contributed by atoms with van der Waals surface area (Å²) in [7, 11) is 0. The molecule has 2 N–H and O–H groups in total. The topological polar surface area (TPSA) is 62.2 Å². The van der Waals surface area contributed by atoms with E-state index in [0.717, 1.165) is 11.8 Å². The molecule has 0 aliphatic heterocycles. The SMILES string of the molecule is N=C/C=C\NCC(=O)OCc1ccccc1. The quantitative estimate of drug-likeness (QED) is 0.561. The largest absolute Gasteiger partial charge is 0.460 e. The number of ether oxygens (including phenoxy) is 1. The maximum Gasteiger partial charge on any atom is 0.325 e. The minimum Gasteiger partial charge on any atom is -0.460 e. The number of hydrogen-bond donors (Lipinski definition) is 2. The number of rotatable bonds is 6. The van der Waals surface area contributed by atoms with Crippen molar-refractivity contribution in [3.05, 3.63) is 48.2 Å². The predicted octanol–water partition coefficient (Wildman–Crippen LogP) is 1.48. The van der Waals surface area contributed by atoms with Crippen molar-refractivity contribution < 1.29 is 9.53 Å². The number of allylic oxidation sites excluding steroid dienone is 1. The van der Waals surface area contributed by atoms with Crippen LogP contribution in [0.4, 0.5) is 0 Å². The van der Waals surface area contributed by atoms with Crippen molar-refractivity contribution in [2.75, 3.05) is 6.54 Å². The zero-order valence-electron chi connectivity index (χ0n) is 8.85. The third-order valence-corrected chi connectivity index (χ3v) is 1.80. The van der Waals surface area contributed by atoms with Crippen LogP contribution in [0.3, 0.4) is 0 Å². The van der Waals surface area contributed by atoms with Gasteiger partial charge in [0.05, 0.1) is 0 Å². The van der Waals surface area contributed by atoms with E-state index in [0.29, 0.717) is 0 Å². The van der Waals surface area contributed by atoms with E-state index < -0.39 is 0 Å². The molecule has 0 fully saturated rings. The van der Waals surface area contributed by atoms with Crippen molar-refractivity contribution in [1.29, 1.82) is 5.41 Å².